The van der Waals surface area contributed by atoms with Gasteiger partial charge in [0.1, 0.15) is 0 Å². The molecule has 4 nitrogen and oxygen atoms in total. The fourth-order valence-electron chi connectivity index (χ4n) is 4.19. The molecule has 1 aromatic rings. The highest BCUT2D eigenvalue weighted by atomic mass is 16.5. The van der Waals surface area contributed by atoms with E-state index in [1.54, 1.807) is 24.3 Å². The summed E-state index contributed by atoms with van der Waals surface area (Å²) < 4.78 is 11.1. The standard InChI is InChI=1S/C30H50O4/c1-4-6-8-10-12-13-15-17-21-25-33-29(31)27-23-19-20-24-28(27)30(32)34-26(3)22-18-16-14-11-9-7-5-2/h19-20,23-24,26H,4-18,21-22,25H2,1-3H3. The summed E-state index contributed by atoms with van der Waals surface area (Å²) in [6.45, 7) is 6.79. The summed E-state index contributed by atoms with van der Waals surface area (Å²) in [5.41, 5.74) is 0.595. The quantitative estimate of drug-likeness (QED) is 0.132. The van der Waals surface area contributed by atoms with E-state index in [9.17, 15) is 9.59 Å². The highest BCUT2D eigenvalue weighted by Gasteiger charge is 2.20. The molecule has 1 aromatic carbocycles. The van der Waals surface area contributed by atoms with Crippen molar-refractivity contribution in [2.24, 2.45) is 0 Å². The highest BCUT2D eigenvalue weighted by Crippen LogP contribution is 2.16. The Kier molecular flexibility index (Phi) is 18.2. The summed E-state index contributed by atoms with van der Waals surface area (Å²) in [5.74, 6) is -0.877. The zero-order valence-corrected chi connectivity index (χ0v) is 22.2. The molecule has 0 aliphatic heterocycles. The molecule has 0 fully saturated rings. The molecule has 1 rings (SSSR count). The van der Waals surface area contributed by atoms with Gasteiger partial charge in [0.05, 0.1) is 23.8 Å². The Bertz CT molecular complexity index is 655. The molecule has 1 atom stereocenters. The minimum atomic E-state index is -0.439. The minimum absolute atomic E-state index is 0.158. The second-order valence-corrected chi connectivity index (χ2v) is 9.64. The monoisotopic (exact) mass is 474 g/mol. The molecule has 1 unspecified atom stereocenters. The Labute approximate surface area is 209 Å². The first kappa shape index (κ1) is 30.2. The van der Waals surface area contributed by atoms with Crippen LogP contribution in [0.2, 0.25) is 0 Å². The Hall–Kier alpha value is -1.84. The molecule has 0 aliphatic carbocycles. The Morgan fingerprint density at radius 2 is 1.09 bits per heavy atom. The van der Waals surface area contributed by atoms with Crippen LogP contribution in [0.3, 0.4) is 0 Å². The van der Waals surface area contributed by atoms with E-state index in [0.29, 0.717) is 17.7 Å². The van der Waals surface area contributed by atoms with E-state index in [1.165, 1.54) is 83.5 Å². The minimum Gasteiger partial charge on any atom is -0.462 e. The Morgan fingerprint density at radius 3 is 1.62 bits per heavy atom. The molecule has 194 valence electrons. The molecule has 0 saturated carbocycles. The number of carbonyl (C=O) groups excluding carboxylic acids is 2. The maximum Gasteiger partial charge on any atom is 0.339 e. The summed E-state index contributed by atoms with van der Waals surface area (Å²) in [4.78, 5) is 25.3. The van der Waals surface area contributed by atoms with Gasteiger partial charge in [0.15, 0.2) is 0 Å². The average molecular weight is 475 g/mol. The van der Waals surface area contributed by atoms with Gasteiger partial charge in [-0.2, -0.15) is 0 Å². The molecule has 0 N–H and O–H groups in total. The Balaban J connectivity index is 2.29. The topological polar surface area (TPSA) is 52.6 Å². The molecular formula is C30H50O4. The smallest absolute Gasteiger partial charge is 0.339 e. The van der Waals surface area contributed by atoms with Gasteiger partial charge in [-0.15, -0.1) is 0 Å². The molecular weight excluding hydrogens is 424 g/mol. The highest BCUT2D eigenvalue weighted by molar-refractivity contribution is 6.03. The van der Waals surface area contributed by atoms with Crippen LogP contribution in [0.5, 0.6) is 0 Å². The molecule has 0 radical (unpaired) electrons. The van der Waals surface area contributed by atoms with Crippen molar-refractivity contribution >= 4 is 11.9 Å². The van der Waals surface area contributed by atoms with Crippen molar-refractivity contribution in [3.63, 3.8) is 0 Å². The summed E-state index contributed by atoms with van der Waals surface area (Å²) >= 11 is 0. The Morgan fingerprint density at radius 1 is 0.647 bits per heavy atom. The number of esters is 2. The average Bonchev–Trinajstić information content (AvgIpc) is 2.84. The predicted octanol–water partition coefficient (Wildman–Crippen LogP) is 9.06. The van der Waals surface area contributed by atoms with Crippen LogP contribution in [0.25, 0.3) is 0 Å². The van der Waals surface area contributed by atoms with Crippen molar-refractivity contribution in [3.8, 4) is 0 Å². The number of carbonyl (C=O) groups is 2. The number of hydrogen-bond donors (Lipinski definition) is 0. The molecule has 0 heterocycles. The van der Waals surface area contributed by atoms with Crippen molar-refractivity contribution < 1.29 is 19.1 Å². The van der Waals surface area contributed by atoms with Gasteiger partial charge >= 0.3 is 11.9 Å². The molecule has 34 heavy (non-hydrogen) atoms. The van der Waals surface area contributed by atoms with Gasteiger partial charge in [-0.3, -0.25) is 0 Å². The number of unbranched alkanes of at least 4 members (excludes halogenated alkanes) is 14. The maximum absolute atomic E-state index is 12.7. The predicted molar refractivity (Wildman–Crippen MR) is 141 cm³/mol. The van der Waals surface area contributed by atoms with Crippen molar-refractivity contribution in [1.29, 1.82) is 0 Å². The molecule has 0 spiro atoms. The second-order valence-electron chi connectivity index (χ2n) is 9.64. The fraction of sp³-hybridized carbons (Fsp3) is 0.733. The van der Waals surface area contributed by atoms with E-state index in [-0.39, 0.29) is 6.10 Å². The van der Waals surface area contributed by atoms with Gasteiger partial charge in [0, 0.05) is 0 Å². The second kappa shape index (κ2) is 20.5. The van der Waals surface area contributed by atoms with Crippen LogP contribution in [0.4, 0.5) is 0 Å². The zero-order valence-electron chi connectivity index (χ0n) is 22.2. The lowest BCUT2D eigenvalue weighted by molar-refractivity contribution is 0.0307. The number of rotatable bonds is 21. The van der Waals surface area contributed by atoms with Gasteiger partial charge in [-0.05, 0) is 38.3 Å². The summed E-state index contributed by atoms with van der Waals surface area (Å²) in [6, 6.07) is 6.82. The van der Waals surface area contributed by atoms with Crippen molar-refractivity contribution in [2.75, 3.05) is 6.61 Å². The number of hydrogen-bond acceptors (Lipinski definition) is 4. The maximum atomic E-state index is 12.7. The molecule has 0 amide bonds. The van der Waals surface area contributed by atoms with Gasteiger partial charge in [-0.25, -0.2) is 9.59 Å². The van der Waals surface area contributed by atoms with Gasteiger partial charge in [0.25, 0.3) is 0 Å². The van der Waals surface area contributed by atoms with Gasteiger partial charge in [0.2, 0.25) is 0 Å². The van der Waals surface area contributed by atoms with Crippen LogP contribution in [0.15, 0.2) is 24.3 Å². The van der Waals surface area contributed by atoms with Crippen molar-refractivity contribution in [1.82, 2.24) is 0 Å². The van der Waals surface area contributed by atoms with Gasteiger partial charge in [-0.1, -0.05) is 116 Å². The molecule has 0 saturated heterocycles. The third-order valence-corrected chi connectivity index (χ3v) is 6.37. The third-order valence-electron chi connectivity index (χ3n) is 6.37. The summed E-state index contributed by atoms with van der Waals surface area (Å²) in [6.07, 6.45) is 20.3. The molecule has 0 aliphatic rings. The van der Waals surface area contributed by atoms with Crippen LogP contribution in [0, 0.1) is 0 Å². The first-order valence-electron chi connectivity index (χ1n) is 14.1. The first-order valence-corrected chi connectivity index (χ1v) is 14.1. The zero-order chi connectivity index (χ0) is 24.9. The van der Waals surface area contributed by atoms with Crippen molar-refractivity contribution in [3.05, 3.63) is 35.4 Å². The third kappa shape index (κ3) is 14.4. The molecule has 0 aromatic heterocycles. The van der Waals surface area contributed by atoms with E-state index in [1.807, 2.05) is 6.92 Å². The van der Waals surface area contributed by atoms with E-state index in [4.69, 9.17) is 9.47 Å². The van der Waals surface area contributed by atoms with E-state index >= 15 is 0 Å². The van der Waals surface area contributed by atoms with Crippen molar-refractivity contribution in [2.45, 2.75) is 136 Å². The molecule has 0 bridgehead atoms. The fourth-order valence-corrected chi connectivity index (χ4v) is 4.19. The van der Waals surface area contributed by atoms with Crippen LogP contribution in [0.1, 0.15) is 151 Å². The normalized spacial score (nSPS) is 11.9. The number of ether oxygens (including phenoxy) is 2. The first-order chi connectivity index (χ1) is 16.6. The molecule has 4 heteroatoms. The number of benzene rings is 1. The van der Waals surface area contributed by atoms with E-state index in [2.05, 4.69) is 13.8 Å². The summed E-state index contributed by atoms with van der Waals surface area (Å²) in [7, 11) is 0. The SMILES string of the molecule is CCCCCCCCCCCOC(=O)c1ccccc1C(=O)OC(C)CCCCCCCCC. The lowest BCUT2D eigenvalue weighted by atomic mass is 10.1. The van der Waals surface area contributed by atoms with Gasteiger partial charge < -0.3 is 9.47 Å². The van der Waals surface area contributed by atoms with Crippen LogP contribution in [-0.2, 0) is 9.47 Å². The lowest BCUT2D eigenvalue weighted by Gasteiger charge is -2.15. The van der Waals surface area contributed by atoms with E-state index < -0.39 is 11.9 Å². The lowest BCUT2D eigenvalue weighted by Crippen LogP contribution is -2.19. The van der Waals surface area contributed by atoms with Crippen LogP contribution in [-0.4, -0.2) is 24.6 Å². The van der Waals surface area contributed by atoms with E-state index in [0.717, 1.165) is 25.7 Å². The van der Waals surface area contributed by atoms with Crippen LogP contribution >= 0.6 is 0 Å². The van der Waals surface area contributed by atoms with Crippen LogP contribution < -0.4 is 0 Å². The summed E-state index contributed by atoms with van der Waals surface area (Å²) in [5, 5.41) is 0. The largest absolute Gasteiger partial charge is 0.462 e.